The van der Waals surface area contributed by atoms with Gasteiger partial charge >= 0.3 is 5.97 Å². The number of carbonyl (C=O) groups excluding carboxylic acids is 1. The molecule has 0 aromatic heterocycles. The first kappa shape index (κ1) is 16.5. The summed E-state index contributed by atoms with van der Waals surface area (Å²) in [6, 6.07) is 5.23. The van der Waals surface area contributed by atoms with Gasteiger partial charge in [-0.3, -0.25) is 9.59 Å². The molecule has 0 aliphatic heterocycles. The van der Waals surface area contributed by atoms with Gasteiger partial charge in [-0.2, -0.15) is 0 Å². The lowest BCUT2D eigenvalue weighted by Gasteiger charge is -2.27. The molecule has 0 bridgehead atoms. The number of aliphatic carboxylic acids is 1. The van der Waals surface area contributed by atoms with Crippen LogP contribution in [0.15, 0.2) is 18.2 Å². The topological polar surface area (TPSA) is 57.6 Å². The molecule has 0 unspecified atom stereocenters. The van der Waals surface area contributed by atoms with Gasteiger partial charge in [0, 0.05) is 29.6 Å². The molecule has 0 heterocycles. The molecule has 0 saturated heterocycles. The highest BCUT2D eigenvalue weighted by Gasteiger charge is 2.19. The van der Waals surface area contributed by atoms with Crippen LogP contribution < -0.4 is 0 Å². The Labute approximate surface area is 124 Å². The van der Waals surface area contributed by atoms with Crippen LogP contribution in [0.3, 0.4) is 0 Å². The number of hydrogen-bond donors (Lipinski definition) is 1. The van der Waals surface area contributed by atoms with Crippen molar-refractivity contribution in [1.82, 2.24) is 4.90 Å². The second-order valence-corrected chi connectivity index (χ2v) is 5.46. The summed E-state index contributed by atoms with van der Waals surface area (Å²) in [5.74, 6) is -0.966. The van der Waals surface area contributed by atoms with Crippen molar-refractivity contribution in [3.63, 3.8) is 0 Å². The van der Waals surface area contributed by atoms with Crippen molar-refractivity contribution < 1.29 is 14.7 Å². The van der Waals surface area contributed by atoms with Crippen LogP contribution >= 0.6 is 11.6 Å². The molecule has 0 aliphatic carbocycles. The molecule has 0 spiro atoms. The smallest absolute Gasteiger partial charge is 0.303 e. The van der Waals surface area contributed by atoms with E-state index in [1.807, 2.05) is 26.8 Å². The lowest BCUT2D eigenvalue weighted by atomic mass is 10.1. The minimum absolute atomic E-state index is 0.0105. The third-order valence-corrected chi connectivity index (χ3v) is 3.50. The van der Waals surface area contributed by atoms with E-state index in [0.717, 1.165) is 5.56 Å². The number of hydrogen-bond acceptors (Lipinski definition) is 2. The maximum absolute atomic E-state index is 12.4. The van der Waals surface area contributed by atoms with Crippen molar-refractivity contribution in [3.05, 3.63) is 34.3 Å². The normalized spacial score (nSPS) is 10.7. The van der Waals surface area contributed by atoms with E-state index in [9.17, 15) is 9.59 Å². The van der Waals surface area contributed by atoms with Gasteiger partial charge in [0.1, 0.15) is 0 Å². The first-order valence-corrected chi connectivity index (χ1v) is 6.99. The highest BCUT2D eigenvalue weighted by molar-refractivity contribution is 6.31. The van der Waals surface area contributed by atoms with E-state index in [0.29, 0.717) is 23.6 Å². The van der Waals surface area contributed by atoms with Gasteiger partial charge < -0.3 is 10.0 Å². The Hall–Kier alpha value is -1.55. The average molecular weight is 298 g/mol. The average Bonchev–Trinajstić information content (AvgIpc) is 2.36. The molecule has 110 valence electrons. The second-order valence-electron chi connectivity index (χ2n) is 5.05. The highest BCUT2D eigenvalue weighted by Crippen LogP contribution is 2.19. The Morgan fingerprint density at radius 3 is 2.50 bits per heavy atom. The summed E-state index contributed by atoms with van der Waals surface area (Å²) in [6.07, 6.45) is 0.504. The molecule has 1 N–H and O–H groups in total. The van der Waals surface area contributed by atoms with Crippen molar-refractivity contribution in [1.29, 1.82) is 0 Å². The van der Waals surface area contributed by atoms with Crippen molar-refractivity contribution >= 4 is 23.5 Å². The fourth-order valence-corrected chi connectivity index (χ4v) is 2.07. The number of carbonyl (C=O) groups is 2. The number of amides is 1. The van der Waals surface area contributed by atoms with Crippen LogP contribution in [-0.2, 0) is 4.79 Å². The van der Waals surface area contributed by atoms with E-state index in [4.69, 9.17) is 16.7 Å². The standard InChI is InChI=1S/C15H20ClNO3/c1-10(2)17(8-4-5-14(18)19)15(20)12-7-6-11(3)13(16)9-12/h6-7,9-10H,4-5,8H2,1-3H3,(H,18,19). The van der Waals surface area contributed by atoms with Crippen LogP contribution in [0, 0.1) is 6.92 Å². The Kier molecular flexibility index (Phi) is 6.02. The van der Waals surface area contributed by atoms with Crippen LogP contribution in [0.25, 0.3) is 0 Å². The quantitative estimate of drug-likeness (QED) is 0.876. The van der Waals surface area contributed by atoms with Gasteiger partial charge in [-0.05, 0) is 44.9 Å². The maximum Gasteiger partial charge on any atom is 0.303 e. The van der Waals surface area contributed by atoms with Gasteiger partial charge in [0.15, 0.2) is 0 Å². The second kappa shape index (κ2) is 7.29. The Balaban J connectivity index is 2.82. The number of aryl methyl sites for hydroxylation is 1. The molecule has 20 heavy (non-hydrogen) atoms. The fourth-order valence-electron chi connectivity index (χ4n) is 1.89. The molecule has 0 atom stereocenters. The largest absolute Gasteiger partial charge is 0.481 e. The molecule has 1 rings (SSSR count). The van der Waals surface area contributed by atoms with Crippen molar-refractivity contribution in [3.8, 4) is 0 Å². The number of carboxylic acids is 1. The molecule has 0 fully saturated rings. The van der Waals surface area contributed by atoms with E-state index in [1.165, 1.54) is 0 Å². The van der Waals surface area contributed by atoms with Crippen LogP contribution in [0.1, 0.15) is 42.6 Å². The number of nitrogens with zero attached hydrogens (tertiary/aromatic N) is 1. The van der Waals surface area contributed by atoms with Crippen molar-refractivity contribution in [2.24, 2.45) is 0 Å². The fraction of sp³-hybridized carbons (Fsp3) is 0.467. The zero-order valence-corrected chi connectivity index (χ0v) is 12.8. The van der Waals surface area contributed by atoms with Gasteiger partial charge in [-0.25, -0.2) is 0 Å². The van der Waals surface area contributed by atoms with Crippen LogP contribution in [0.4, 0.5) is 0 Å². The summed E-state index contributed by atoms with van der Waals surface area (Å²) in [4.78, 5) is 24.7. The number of halogens is 1. The Morgan fingerprint density at radius 2 is 2.00 bits per heavy atom. The molecule has 0 aliphatic rings. The van der Waals surface area contributed by atoms with Gasteiger partial charge in [0.2, 0.25) is 0 Å². The summed E-state index contributed by atoms with van der Waals surface area (Å²) >= 11 is 6.04. The molecule has 1 aromatic rings. The van der Waals surface area contributed by atoms with E-state index < -0.39 is 5.97 Å². The molecule has 1 amide bonds. The van der Waals surface area contributed by atoms with Crippen LogP contribution in [0.5, 0.6) is 0 Å². The van der Waals surface area contributed by atoms with Gasteiger partial charge in [0.05, 0.1) is 0 Å². The molecule has 0 radical (unpaired) electrons. The molecule has 0 saturated carbocycles. The summed E-state index contributed by atoms with van der Waals surface area (Å²) < 4.78 is 0. The zero-order chi connectivity index (χ0) is 15.3. The van der Waals surface area contributed by atoms with E-state index in [2.05, 4.69) is 0 Å². The monoisotopic (exact) mass is 297 g/mol. The highest BCUT2D eigenvalue weighted by atomic mass is 35.5. The first-order chi connectivity index (χ1) is 9.32. The van der Waals surface area contributed by atoms with Crippen LogP contribution in [-0.4, -0.2) is 34.5 Å². The Bertz CT molecular complexity index is 500. The van der Waals surface area contributed by atoms with Crippen LogP contribution in [0.2, 0.25) is 5.02 Å². The lowest BCUT2D eigenvalue weighted by molar-refractivity contribution is -0.137. The number of rotatable bonds is 6. The molecule has 4 nitrogen and oxygen atoms in total. The van der Waals surface area contributed by atoms with E-state index in [-0.39, 0.29) is 18.4 Å². The van der Waals surface area contributed by atoms with Gasteiger partial charge in [-0.15, -0.1) is 0 Å². The molecule has 5 heteroatoms. The van der Waals surface area contributed by atoms with Gasteiger partial charge in [-0.1, -0.05) is 17.7 Å². The number of benzene rings is 1. The lowest BCUT2D eigenvalue weighted by Crippen LogP contribution is -2.37. The predicted molar refractivity (Wildman–Crippen MR) is 79.2 cm³/mol. The Morgan fingerprint density at radius 1 is 1.35 bits per heavy atom. The molecule has 1 aromatic carbocycles. The molecular formula is C15H20ClNO3. The maximum atomic E-state index is 12.4. The SMILES string of the molecule is Cc1ccc(C(=O)N(CCCC(=O)O)C(C)C)cc1Cl. The minimum Gasteiger partial charge on any atom is -0.481 e. The summed E-state index contributed by atoms with van der Waals surface area (Å²) in [7, 11) is 0. The third-order valence-electron chi connectivity index (χ3n) is 3.09. The summed E-state index contributed by atoms with van der Waals surface area (Å²) in [5.41, 5.74) is 1.45. The summed E-state index contributed by atoms with van der Waals surface area (Å²) in [6.45, 7) is 6.13. The third kappa shape index (κ3) is 4.53. The predicted octanol–water partition coefficient (Wildman–Crippen LogP) is 3.36. The van der Waals surface area contributed by atoms with E-state index in [1.54, 1.807) is 17.0 Å². The minimum atomic E-state index is -0.848. The van der Waals surface area contributed by atoms with E-state index >= 15 is 0 Å². The zero-order valence-electron chi connectivity index (χ0n) is 12.0. The van der Waals surface area contributed by atoms with Gasteiger partial charge in [0.25, 0.3) is 5.91 Å². The van der Waals surface area contributed by atoms with Crippen molar-refractivity contribution in [2.45, 2.75) is 39.7 Å². The number of carboxylic acid groups (broad SMARTS) is 1. The first-order valence-electron chi connectivity index (χ1n) is 6.62. The van der Waals surface area contributed by atoms with Crippen molar-refractivity contribution in [2.75, 3.05) is 6.54 Å². The summed E-state index contributed by atoms with van der Waals surface area (Å²) in [5, 5.41) is 9.23. The molecular weight excluding hydrogens is 278 g/mol.